The van der Waals surface area contributed by atoms with Crippen molar-refractivity contribution >= 4 is 23.9 Å². The van der Waals surface area contributed by atoms with Gasteiger partial charge in [0.2, 0.25) is 0 Å². The summed E-state index contributed by atoms with van der Waals surface area (Å²) in [5.41, 5.74) is 4.59. The molecule has 1 aromatic carbocycles. The Morgan fingerprint density at radius 3 is 2.41 bits per heavy atom. The molecule has 0 bridgehead atoms. The highest BCUT2D eigenvalue weighted by Crippen LogP contribution is 2.17. The van der Waals surface area contributed by atoms with Crippen LogP contribution in [0.15, 0.2) is 23.7 Å². The standard InChI is InChI=1S/C12H15ClN2.C2H6/c1-15(2)9-11-5-3-4-10(8-14)12(11)6-7-13;1-2/h3-8,14H,9H2,1-2H3;1-2H3/b7-6+,14-8?;. The molecule has 0 aliphatic carbocycles. The van der Waals surface area contributed by atoms with Crippen molar-refractivity contribution in [2.24, 2.45) is 0 Å². The van der Waals surface area contributed by atoms with Crippen LogP contribution in [0.4, 0.5) is 0 Å². The van der Waals surface area contributed by atoms with Crippen LogP contribution in [0.3, 0.4) is 0 Å². The highest BCUT2D eigenvalue weighted by molar-refractivity contribution is 6.27. The summed E-state index contributed by atoms with van der Waals surface area (Å²) in [6.45, 7) is 4.85. The van der Waals surface area contributed by atoms with E-state index in [4.69, 9.17) is 17.0 Å². The highest BCUT2D eigenvalue weighted by atomic mass is 35.5. The van der Waals surface area contributed by atoms with Gasteiger partial charge in [0, 0.05) is 18.3 Å². The van der Waals surface area contributed by atoms with Crippen molar-refractivity contribution in [1.29, 1.82) is 5.41 Å². The first kappa shape index (κ1) is 15.9. The molecule has 0 atom stereocenters. The third-order valence-electron chi connectivity index (χ3n) is 2.10. The fourth-order valence-corrected chi connectivity index (χ4v) is 1.63. The monoisotopic (exact) mass is 252 g/mol. The molecular weight excluding hydrogens is 232 g/mol. The van der Waals surface area contributed by atoms with Crippen LogP contribution < -0.4 is 0 Å². The quantitative estimate of drug-likeness (QED) is 0.807. The molecule has 0 saturated heterocycles. The molecule has 1 rings (SSSR count). The summed E-state index contributed by atoms with van der Waals surface area (Å²) in [5.74, 6) is 0. The van der Waals surface area contributed by atoms with Gasteiger partial charge in [0.25, 0.3) is 0 Å². The molecule has 0 aliphatic rings. The van der Waals surface area contributed by atoms with Crippen LogP contribution in [0.25, 0.3) is 6.08 Å². The molecule has 0 amide bonds. The molecule has 0 heterocycles. The molecule has 0 aliphatic heterocycles. The van der Waals surface area contributed by atoms with Crippen molar-refractivity contribution in [2.75, 3.05) is 14.1 Å². The molecule has 1 aromatic rings. The van der Waals surface area contributed by atoms with Gasteiger partial charge in [-0.1, -0.05) is 43.6 Å². The molecule has 0 fully saturated rings. The van der Waals surface area contributed by atoms with Crippen LogP contribution in [-0.2, 0) is 6.54 Å². The van der Waals surface area contributed by atoms with E-state index < -0.39 is 0 Å². The molecule has 0 radical (unpaired) electrons. The zero-order valence-corrected chi connectivity index (χ0v) is 11.8. The second kappa shape index (κ2) is 8.97. The molecule has 2 nitrogen and oxygen atoms in total. The van der Waals surface area contributed by atoms with Gasteiger partial charge in [-0.05, 0) is 36.9 Å². The maximum atomic E-state index is 7.33. The molecule has 0 unspecified atom stereocenters. The van der Waals surface area contributed by atoms with Gasteiger partial charge >= 0.3 is 0 Å². The average Bonchev–Trinajstić information content (AvgIpc) is 2.33. The minimum atomic E-state index is 0.845. The predicted octanol–water partition coefficient (Wildman–Crippen LogP) is 3.98. The molecule has 0 saturated carbocycles. The van der Waals surface area contributed by atoms with Gasteiger partial charge in [-0.25, -0.2) is 0 Å². The van der Waals surface area contributed by atoms with Crippen molar-refractivity contribution in [1.82, 2.24) is 4.90 Å². The first-order valence-corrected chi connectivity index (χ1v) is 6.16. The number of halogens is 1. The Labute approximate surface area is 109 Å². The Morgan fingerprint density at radius 2 is 1.94 bits per heavy atom. The van der Waals surface area contributed by atoms with Gasteiger partial charge in [-0.3, -0.25) is 0 Å². The van der Waals surface area contributed by atoms with Crippen molar-refractivity contribution in [3.8, 4) is 0 Å². The molecule has 0 aromatic heterocycles. The molecule has 3 heteroatoms. The van der Waals surface area contributed by atoms with Gasteiger partial charge in [0.15, 0.2) is 0 Å². The van der Waals surface area contributed by atoms with E-state index in [1.807, 2.05) is 46.2 Å². The second-order valence-electron chi connectivity index (χ2n) is 3.59. The van der Waals surface area contributed by atoms with Crippen LogP contribution in [-0.4, -0.2) is 25.2 Å². The minimum Gasteiger partial charge on any atom is -0.308 e. The smallest absolute Gasteiger partial charge is 0.0256 e. The number of benzene rings is 1. The number of hydrogen-bond donors (Lipinski definition) is 1. The molecule has 17 heavy (non-hydrogen) atoms. The highest BCUT2D eigenvalue weighted by Gasteiger charge is 2.04. The Bertz CT molecular complexity index is 370. The Hall–Kier alpha value is -1.12. The lowest BCUT2D eigenvalue weighted by Crippen LogP contribution is -2.12. The summed E-state index contributed by atoms with van der Waals surface area (Å²) in [7, 11) is 4.04. The number of hydrogen-bond acceptors (Lipinski definition) is 2. The van der Waals surface area contributed by atoms with E-state index in [1.165, 1.54) is 17.3 Å². The van der Waals surface area contributed by atoms with Crippen LogP contribution in [0.1, 0.15) is 30.5 Å². The zero-order valence-electron chi connectivity index (χ0n) is 11.0. The maximum absolute atomic E-state index is 7.33. The summed E-state index contributed by atoms with van der Waals surface area (Å²) < 4.78 is 0. The van der Waals surface area contributed by atoms with E-state index >= 15 is 0 Å². The summed E-state index contributed by atoms with van der Waals surface area (Å²) in [5, 5.41) is 7.33. The predicted molar refractivity (Wildman–Crippen MR) is 78.0 cm³/mol. The lowest BCUT2D eigenvalue weighted by molar-refractivity contribution is 0.402. The van der Waals surface area contributed by atoms with E-state index in [1.54, 1.807) is 0 Å². The zero-order chi connectivity index (χ0) is 13.3. The first-order valence-electron chi connectivity index (χ1n) is 5.73. The minimum absolute atomic E-state index is 0.845. The third-order valence-corrected chi connectivity index (χ3v) is 2.23. The second-order valence-corrected chi connectivity index (χ2v) is 3.85. The Balaban J connectivity index is 0.00000121. The SMILES string of the molecule is CC.CN(C)Cc1cccc(C=N)c1/C=C/Cl. The van der Waals surface area contributed by atoms with Crippen LogP contribution in [0.5, 0.6) is 0 Å². The number of rotatable bonds is 4. The van der Waals surface area contributed by atoms with E-state index in [0.29, 0.717) is 0 Å². The largest absolute Gasteiger partial charge is 0.308 e. The lowest BCUT2D eigenvalue weighted by Gasteiger charge is -2.13. The van der Waals surface area contributed by atoms with Crippen molar-refractivity contribution < 1.29 is 0 Å². The van der Waals surface area contributed by atoms with Gasteiger partial charge in [-0.15, -0.1) is 0 Å². The fourth-order valence-electron chi connectivity index (χ4n) is 1.50. The molecule has 94 valence electrons. The Morgan fingerprint density at radius 1 is 1.29 bits per heavy atom. The maximum Gasteiger partial charge on any atom is 0.0256 e. The Kier molecular flexibility index (Phi) is 8.38. The van der Waals surface area contributed by atoms with Crippen LogP contribution in [0.2, 0.25) is 0 Å². The molecule has 0 spiro atoms. The van der Waals surface area contributed by atoms with E-state index in [2.05, 4.69) is 11.0 Å². The summed E-state index contributed by atoms with van der Waals surface area (Å²) in [6.07, 6.45) is 3.19. The van der Waals surface area contributed by atoms with Crippen molar-refractivity contribution in [3.05, 3.63) is 40.4 Å². The summed E-state index contributed by atoms with van der Waals surface area (Å²) in [6, 6.07) is 5.93. The summed E-state index contributed by atoms with van der Waals surface area (Å²) >= 11 is 5.60. The normalized spacial score (nSPS) is 10.2. The number of nitrogens with zero attached hydrogens (tertiary/aromatic N) is 1. The van der Waals surface area contributed by atoms with Gasteiger partial charge in [0.1, 0.15) is 0 Å². The topological polar surface area (TPSA) is 27.1 Å². The van der Waals surface area contributed by atoms with Gasteiger partial charge in [0.05, 0.1) is 0 Å². The molecular formula is C14H21ClN2. The first-order chi connectivity index (χ1) is 8.19. The van der Waals surface area contributed by atoms with E-state index in [-0.39, 0.29) is 0 Å². The third kappa shape index (κ3) is 5.16. The average molecular weight is 253 g/mol. The lowest BCUT2D eigenvalue weighted by atomic mass is 10.0. The van der Waals surface area contributed by atoms with Crippen molar-refractivity contribution in [3.63, 3.8) is 0 Å². The van der Waals surface area contributed by atoms with Gasteiger partial charge in [-0.2, -0.15) is 0 Å². The van der Waals surface area contributed by atoms with Crippen LogP contribution in [0, 0.1) is 5.41 Å². The van der Waals surface area contributed by atoms with E-state index in [0.717, 1.165) is 17.7 Å². The van der Waals surface area contributed by atoms with E-state index in [9.17, 15) is 0 Å². The van der Waals surface area contributed by atoms with Crippen molar-refractivity contribution in [2.45, 2.75) is 20.4 Å². The fraction of sp³-hybridized carbons (Fsp3) is 0.357. The van der Waals surface area contributed by atoms with Crippen LogP contribution >= 0.6 is 11.6 Å². The van der Waals surface area contributed by atoms with Gasteiger partial charge < -0.3 is 10.3 Å². The molecule has 1 N–H and O–H groups in total. The number of nitrogens with one attached hydrogen (secondary N) is 1. The summed E-state index contributed by atoms with van der Waals surface area (Å²) in [4.78, 5) is 2.09.